The highest BCUT2D eigenvalue weighted by Crippen LogP contribution is 2.23. The van der Waals surface area contributed by atoms with Crippen LogP contribution >= 0.6 is 11.8 Å². The molecule has 1 fully saturated rings. The topological polar surface area (TPSA) is 88.6 Å². The normalized spacial score (nSPS) is 16.5. The minimum Gasteiger partial charge on any atom is -0.379 e. The van der Waals surface area contributed by atoms with Gasteiger partial charge in [0.05, 0.1) is 23.5 Å². The van der Waals surface area contributed by atoms with Gasteiger partial charge in [-0.2, -0.15) is 4.31 Å². The van der Waals surface area contributed by atoms with Crippen LogP contribution in [0.5, 0.6) is 0 Å². The van der Waals surface area contributed by atoms with Crippen LogP contribution in [0.2, 0.25) is 0 Å². The second kappa shape index (κ2) is 9.51. The molecule has 0 radical (unpaired) electrons. The molecule has 2 aromatic rings. The number of sulfonamides is 1. The number of rotatable bonds is 7. The fourth-order valence-corrected chi connectivity index (χ4v) is 4.86. The van der Waals surface area contributed by atoms with Gasteiger partial charge in [-0.15, -0.1) is 0 Å². The molecule has 1 atom stereocenters. The molecule has 0 bridgehead atoms. The van der Waals surface area contributed by atoms with Crippen molar-refractivity contribution in [1.82, 2.24) is 14.6 Å². The summed E-state index contributed by atoms with van der Waals surface area (Å²) in [6.45, 7) is 3.75. The molecule has 1 unspecified atom stereocenters. The van der Waals surface area contributed by atoms with Crippen molar-refractivity contribution in [3.05, 3.63) is 54.2 Å². The zero-order valence-electron chi connectivity index (χ0n) is 15.6. The molecule has 1 saturated heterocycles. The van der Waals surface area contributed by atoms with E-state index in [-0.39, 0.29) is 16.1 Å². The molecule has 0 spiro atoms. The second-order valence-electron chi connectivity index (χ2n) is 6.31. The van der Waals surface area contributed by atoms with E-state index in [1.807, 2.05) is 30.3 Å². The molecule has 7 nitrogen and oxygen atoms in total. The molecule has 1 aromatic carbocycles. The highest BCUT2D eigenvalue weighted by molar-refractivity contribution is 8.00. The summed E-state index contributed by atoms with van der Waals surface area (Å²) < 4.78 is 31.8. The van der Waals surface area contributed by atoms with Gasteiger partial charge in [0.15, 0.2) is 0 Å². The molecule has 1 aliphatic rings. The smallest absolute Gasteiger partial charge is 0.244 e. The van der Waals surface area contributed by atoms with Gasteiger partial charge in [0.2, 0.25) is 15.9 Å². The molecule has 0 aliphatic carbocycles. The van der Waals surface area contributed by atoms with E-state index in [1.165, 1.54) is 28.3 Å². The number of nitrogens with zero attached hydrogens (tertiary/aromatic N) is 2. The number of carbonyl (C=O) groups is 1. The van der Waals surface area contributed by atoms with Gasteiger partial charge in [-0.05, 0) is 24.6 Å². The number of thioether (sulfide) groups is 1. The average molecular weight is 422 g/mol. The number of hydrogen-bond donors (Lipinski definition) is 1. The SMILES string of the molecule is CC(Sc1ccc(S(=O)(=O)N2CCOCC2)cn1)C(=O)NCc1ccccc1. The molecule has 3 rings (SSSR count). The number of hydrogen-bond acceptors (Lipinski definition) is 6. The van der Waals surface area contributed by atoms with Crippen LogP contribution < -0.4 is 5.32 Å². The molecule has 28 heavy (non-hydrogen) atoms. The number of pyridine rings is 1. The molecular formula is C19H23N3O4S2. The van der Waals surface area contributed by atoms with E-state index in [2.05, 4.69) is 10.3 Å². The molecule has 1 aliphatic heterocycles. The van der Waals surface area contributed by atoms with Crippen LogP contribution in [0.1, 0.15) is 12.5 Å². The Morgan fingerprint density at radius 1 is 1.21 bits per heavy atom. The number of amides is 1. The van der Waals surface area contributed by atoms with Crippen molar-refractivity contribution >= 4 is 27.7 Å². The second-order valence-corrected chi connectivity index (χ2v) is 9.61. The Morgan fingerprint density at radius 2 is 1.93 bits per heavy atom. The van der Waals surface area contributed by atoms with Gasteiger partial charge >= 0.3 is 0 Å². The van der Waals surface area contributed by atoms with Gasteiger partial charge in [0.25, 0.3) is 0 Å². The Morgan fingerprint density at radius 3 is 2.57 bits per heavy atom. The summed E-state index contributed by atoms with van der Waals surface area (Å²) in [5.74, 6) is -0.0966. The molecule has 9 heteroatoms. The minimum absolute atomic E-state index is 0.0966. The summed E-state index contributed by atoms with van der Waals surface area (Å²) >= 11 is 1.29. The van der Waals surface area contributed by atoms with Gasteiger partial charge in [-0.3, -0.25) is 4.79 Å². The lowest BCUT2D eigenvalue weighted by molar-refractivity contribution is -0.120. The van der Waals surface area contributed by atoms with Crippen molar-refractivity contribution in [3.63, 3.8) is 0 Å². The predicted molar refractivity (Wildman–Crippen MR) is 107 cm³/mol. The van der Waals surface area contributed by atoms with Crippen LogP contribution in [-0.4, -0.2) is 55.2 Å². The Balaban J connectivity index is 1.56. The molecule has 0 saturated carbocycles. The van der Waals surface area contributed by atoms with E-state index >= 15 is 0 Å². The van der Waals surface area contributed by atoms with Crippen LogP contribution in [0, 0.1) is 0 Å². The first-order valence-corrected chi connectivity index (χ1v) is 11.3. The number of nitrogens with one attached hydrogen (secondary N) is 1. The van der Waals surface area contributed by atoms with Crippen LogP contribution in [-0.2, 0) is 26.1 Å². The van der Waals surface area contributed by atoms with E-state index in [1.54, 1.807) is 13.0 Å². The van der Waals surface area contributed by atoms with Gasteiger partial charge in [-0.1, -0.05) is 42.1 Å². The fourth-order valence-electron chi connectivity index (χ4n) is 2.69. The van der Waals surface area contributed by atoms with E-state index < -0.39 is 10.0 Å². The van der Waals surface area contributed by atoms with E-state index in [0.29, 0.717) is 37.9 Å². The quantitative estimate of drug-likeness (QED) is 0.687. The fraction of sp³-hybridized carbons (Fsp3) is 0.368. The standard InChI is InChI=1S/C19H23N3O4S2/c1-15(19(23)21-13-16-5-3-2-4-6-16)27-18-8-7-17(14-20-18)28(24,25)22-9-11-26-12-10-22/h2-8,14-15H,9-13H2,1H3,(H,21,23). The van der Waals surface area contributed by atoms with Crippen molar-refractivity contribution < 1.29 is 17.9 Å². The maximum absolute atomic E-state index is 12.6. The number of ether oxygens (including phenoxy) is 1. The summed E-state index contributed by atoms with van der Waals surface area (Å²) in [7, 11) is -3.56. The van der Waals surface area contributed by atoms with Gasteiger partial charge < -0.3 is 10.1 Å². The summed E-state index contributed by atoms with van der Waals surface area (Å²) in [6, 6.07) is 12.9. The van der Waals surface area contributed by atoms with Crippen molar-refractivity contribution in [3.8, 4) is 0 Å². The molecule has 2 heterocycles. The summed E-state index contributed by atoms with van der Waals surface area (Å²) in [5, 5.41) is 3.15. The zero-order chi connectivity index (χ0) is 20.0. The first kappa shape index (κ1) is 20.8. The Hall–Kier alpha value is -1.94. The van der Waals surface area contributed by atoms with Gasteiger partial charge in [-0.25, -0.2) is 13.4 Å². The van der Waals surface area contributed by atoms with Crippen molar-refractivity contribution in [1.29, 1.82) is 0 Å². The van der Waals surface area contributed by atoms with Crippen molar-refractivity contribution in [2.45, 2.75) is 28.6 Å². The summed E-state index contributed by atoms with van der Waals surface area (Å²) in [4.78, 5) is 16.7. The lowest BCUT2D eigenvalue weighted by Gasteiger charge is -2.25. The third-order valence-electron chi connectivity index (χ3n) is 4.29. The lowest BCUT2D eigenvalue weighted by atomic mass is 10.2. The molecule has 1 amide bonds. The highest BCUT2D eigenvalue weighted by atomic mass is 32.2. The summed E-state index contributed by atoms with van der Waals surface area (Å²) in [6.07, 6.45) is 1.35. The van der Waals surface area contributed by atoms with E-state index in [4.69, 9.17) is 4.74 Å². The first-order chi connectivity index (χ1) is 13.5. The molecule has 1 N–H and O–H groups in total. The van der Waals surface area contributed by atoms with Crippen LogP contribution in [0.3, 0.4) is 0 Å². The van der Waals surface area contributed by atoms with Gasteiger partial charge in [0.1, 0.15) is 4.90 Å². The third kappa shape index (κ3) is 5.32. The maximum Gasteiger partial charge on any atom is 0.244 e. The summed E-state index contributed by atoms with van der Waals surface area (Å²) in [5.41, 5.74) is 1.03. The first-order valence-electron chi connectivity index (χ1n) is 8.99. The number of carbonyl (C=O) groups excluding carboxylic acids is 1. The van der Waals surface area contributed by atoms with Gasteiger partial charge in [0, 0.05) is 25.8 Å². The van der Waals surface area contributed by atoms with Crippen molar-refractivity contribution in [2.24, 2.45) is 0 Å². The number of morpholine rings is 1. The van der Waals surface area contributed by atoms with E-state index in [9.17, 15) is 13.2 Å². The van der Waals surface area contributed by atoms with Crippen LogP contribution in [0.25, 0.3) is 0 Å². The molecular weight excluding hydrogens is 398 g/mol. The monoisotopic (exact) mass is 421 g/mol. The largest absolute Gasteiger partial charge is 0.379 e. The Bertz CT molecular complexity index is 883. The van der Waals surface area contributed by atoms with Crippen LogP contribution in [0.15, 0.2) is 58.6 Å². The maximum atomic E-state index is 12.6. The van der Waals surface area contributed by atoms with E-state index in [0.717, 1.165) is 5.56 Å². The van der Waals surface area contributed by atoms with Crippen molar-refractivity contribution in [2.75, 3.05) is 26.3 Å². The minimum atomic E-state index is -3.56. The average Bonchev–Trinajstić information content (AvgIpc) is 2.73. The zero-order valence-corrected chi connectivity index (χ0v) is 17.2. The molecule has 150 valence electrons. The number of benzene rings is 1. The highest BCUT2D eigenvalue weighted by Gasteiger charge is 2.26. The Kier molecular flexibility index (Phi) is 7.06. The molecule has 1 aromatic heterocycles. The van der Waals surface area contributed by atoms with Crippen LogP contribution in [0.4, 0.5) is 0 Å². The number of aromatic nitrogens is 1. The Labute approximate surface area is 169 Å². The lowest BCUT2D eigenvalue weighted by Crippen LogP contribution is -2.40. The predicted octanol–water partition coefficient (Wildman–Crippen LogP) is 1.90. The third-order valence-corrected chi connectivity index (χ3v) is 7.23.